The second kappa shape index (κ2) is 7.49. The third-order valence-electron chi connectivity index (χ3n) is 4.98. The van der Waals surface area contributed by atoms with Crippen LogP contribution in [0.5, 0.6) is 0 Å². The number of methoxy groups -OCH3 is 1. The van der Waals surface area contributed by atoms with Crippen molar-refractivity contribution in [2.75, 3.05) is 14.2 Å². The van der Waals surface area contributed by atoms with Crippen molar-refractivity contribution in [2.45, 2.75) is 20.8 Å². The number of allylic oxidation sites excluding steroid dienone is 1. The summed E-state index contributed by atoms with van der Waals surface area (Å²) in [6.45, 7) is 5.59. The quantitative estimate of drug-likeness (QED) is 0.535. The van der Waals surface area contributed by atoms with Crippen molar-refractivity contribution < 1.29 is 14.3 Å². The van der Waals surface area contributed by atoms with Crippen molar-refractivity contribution in [1.82, 2.24) is 9.47 Å². The van der Waals surface area contributed by atoms with Crippen molar-refractivity contribution in [2.24, 2.45) is 0 Å². The van der Waals surface area contributed by atoms with Crippen molar-refractivity contribution in [3.05, 3.63) is 68.1 Å². The molecular formula is C21H20Cl2N2O3. The van der Waals surface area contributed by atoms with Crippen LogP contribution in [-0.4, -0.2) is 35.5 Å². The van der Waals surface area contributed by atoms with Gasteiger partial charge in [0.2, 0.25) is 0 Å². The lowest BCUT2D eigenvalue weighted by Crippen LogP contribution is -2.19. The highest BCUT2D eigenvalue weighted by molar-refractivity contribution is 6.34. The average molecular weight is 419 g/mol. The second-order valence-electron chi connectivity index (χ2n) is 6.63. The first-order chi connectivity index (χ1) is 13.2. The highest BCUT2D eigenvalue weighted by atomic mass is 35.5. The average Bonchev–Trinajstić information content (AvgIpc) is 3.05. The van der Waals surface area contributed by atoms with Gasteiger partial charge in [-0.3, -0.25) is 4.79 Å². The zero-order valence-corrected chi connectivity index (χ0v) is 17.8. The normalized spacial score (nSPS) is 15.8. The van der Waals surface area contributed by atoms with Crippen LogP contribution in [-0.2, 0) is 14.3 Å². The van der Waals surface area contributed by atoms with E-state index in [0.717, 1.165) is 22.6 Å². The Morgan fingerprint density at radius 1 is 1.14 bits per heavy atom. The molecule has 0 bridgehead atoms. The molecule has 0 spiro atoms. The van der Waals surface area contributed by atoms with E-state index in [4.69, 9.17) is 27.9 Å². The number of likely N-dealkylation sites (N-methyl/N-ethyl adjacent to an activating group) is 1. The Hall–Kier alpha value is -2.50. The van der Waals surface area contributed by atoms with Crippen LogP contribution >= 0.6 is 23.2 Å². The Labute approximate surface area is 173 Å². The van der Waals surface area contributed by atoms with Gasteiger partial charge in [-0.15, -0.1) is 0 Å². The summed E-state index contributed by atoms with van der Waals surface area (Å²) in [6, 6.07) is 7.20. The fourth-order valence-electron chi connectivity index (χ4n) is 3.41. The van der Waals surface area contributed by atoms with Crippen LogP contribution in [0.1, 0.15) is 23.9 Å². The van der Waals surface area contributed by atoms with Crippen molar-refractivity contribution in [3.63, 3.8) is 0 Å². The molecule has 0 N–H and O–H groups in total. The van der Waals surface area contributed by atoms with Gasteiger partial charge >= 0.3 is 5.97 Å². The number of esters is 1. The molecule has 0 saturated heterocycles. The summed E-state index contributed by atoms with van der Waals surface area (Å²) < 4.78 is 6.84. The van der Waals surface area contributed by atoms with E-state index in [1.165, 1.54) is 12.0 Å². The van der Waals surface area contributed by atoms with Crippen molar-refractivity contribution >= 4 is 41.2 Å². The Balaban J connectivity index is 2.17. The summed E-state index contributed by atoms with van der Waals surface area (Å²) in [5, 5.41) is 1.14. The molecule has 3 rings (SSSR count). The number of hydrogen-bond acceptors (Lipinski definition) is 3. The van der Waals surface area contributed by atoms with Gasteiger partial charge in [-0.05, 0) is 56.7 Å². The minimum absolute atomic E-state index is 0.247. The van der Waals surface area contributed by atoms with Gasteiger partial charge in [-0.1, -0.05) is 23.2 Å². The molecule has 146 valence electrons. The number of aryl methyl sites for hydroxylation is 1. The molecule has 5 nitrogen and oxygen atoms in total. The number of ether oxygens (including phenoxy) is 1. The lowest BCUT2D eigenvalue weighted by Gasteiger charge is -2.12. The topological polar surface area (TPSA) is 51.5 Å². The smallest absolute Gasteiger partial charge is 0.340 e. The third-order valence-corrected chi connectivity index (χ3v) is 5.53. The predicted molar refractivity (Wildman–Crippen MR) is 111 cm³/mol. The maximum Gasteiger partial charge on any atom is 0.340 e. The first-order valence-corrected chi connectivity index (χ1v) is 9.36. The molecule has 0 aliphatic carbocycles. The Kier molecular flexibility index (Phi) is 5.41. The molecular weight excluding hydrogens is 399 g/mol. The summed E-state index contributed by atoms with van der Waals surface area (Å²) in [5.74, 6) is -0.781. The largest absolute Gasteiger partial charge is 0.465 e. The van der Waals surface area contributed by atoms with Gasteiger partial charge in [-0.2, -0.15) is 0 Å². The van der Waals surface area contributed by atoms with Crippen LogP contribution in [0.2, 0.25) is 10.0 Å². The van der Waals surface area contributed by atoms with E-state index in [1.54, 1.807) is 38.2 Å². The highest BCUT2D eigenvalue weighted by Crippen LogP contribution is 2.33. The number of rotatable bonds is 3. The number of halogens is 2. The maximum absolute atomic E-state index is 12.7. The van der Waals surface area contributed by atoms with Gasteiger partial charge in [0.1, 0.15) is 0 Å². The highest BCUT2D eigenvalue weighted by Gasteiger charge is 2.35. The number of carbonyl (C=O) groups is 2. The van der Waals surface area contributed by atoms with Gasteiger partial charge in [0, 0.05) is 29.2 Å². The minimum atomic E-state index is -0.534. The molecule has 0 unspecified atom stereocenters. The number of aromatic nitrogens is 1. The van der Waals surface area contributed by atoms with Crippen LogP contribution < -0.4 is 0 Å². The van der Waals surface area contributed by atoms with Crippen LogP contribution in [0.4, 0.5) is 0 Å². The molecule has 28 heavy (non-hydrogen) atoms. The van der Waals surface area contributed by atoms with E-state index in [0.29, 0.717) is 21.3 Å². The SMILES string of the molecule is COC(=O)C1=C(C)N(C)C(=O)/C1=C/c1cc(C)n(-c2cc(Cl)ccc2Cl)c1C. The van der Waals surface area contributed by atoms with E-state index in [2.05, 4.69) is 0 Å². The predicted octanol–water partition coefficient (Wildman–Crippen LogP) is 4.70. The van der Waals surface area contributed by atoms with Gasteiger partial charge in [0.15, 0.2) is 0 Å². The lowest BCUT2D eigenvalue weighted by molar-refractivity contribution is -0.136. The van der Waals surface area contributed by atoms with E-state index in [-0.39, 0.29) is 11.5 Å². The molecule has 1 amide bonds. The number of carbonyl (C=O) groups excluding carboxylic acids is 2. The fraction of sp³-hybridized carbons (Fsp3) is 0.238. The second-order valence-corrected chi connectivity index (χ2v) is 7.48. The molecule has 2 aromatic rings. The summed E-state index contributed by atoms with van der Waals surface area (Å²) in [5.41, 5.74) is 4.51. The Bertz CT molecular complexity index is 1060. The van der Waals surface area contributed by atoms with Crippen LogP contribution in [0.25, 0.3) is 11.8 Å². The van der Waals surface area contributed by atoms with Gasteiger partial charge < -0.3 is 14.2 Å². The monoisotopic (exact) mass is 418 g/mol. The van der Waals surface area contributed by atoms with Gasteiger partial charge in [0.25, 0.3) is 5.91 Å². The molecule has 0 radical (unpaired) electrons. The summed E-state index contributed by atoms with van der Waals surface area (Å²) in [7, 11) is 2.94. The molecule has 7 heteroatoms. The molecule has 0 atom stereocenters. The number of benzene rings is 1. The van der Waals surface area contributed by atoms with Crippen LogP contribution in [0, 0.1) is 13.8 Å². The first-order valence-electron chi connectivity index (χ1n) is 8.61. The van der Waals surface area contributed by atoms with E-state index in [9.17, 15) is 9.59 Å². The summed E-state index contributed by atoms with van der Waals surface area (Å²) in [6.07, 6.45) is 1.72. The van der Waals surface area contributed by atoms with Crippen molar-refractivity contribution in [1.29, 1.82) is 0 Å². The zero-order chi connectivity index (χ0) is 20.7. The maximum atomic E-state index is 12.7. The molecule has 1 aromatic heterocycles. The van der Waals surface area contributed by atoms with Crippen molar-refractivity contribution in [3.8, 4) is 5.69 Å². The third kappa shape index (κ3) is 3.25. The van der Waals surface area contributed by atoms with Gasteiger partial charge in [0.05, 0.1) is 29.0 Å². The number of hydrogen-bond donors (Lipinski definition) is 0. The van der Waals surface area contributed by atoms with Crippen LogP contribution in [0.15, 0.2) is 41.1 Å². The minimum Gasteiger partial charge on any atom is -0.465 e. The summed E-state index contributed by atoms with van der Waals surface area (Å²) >= 11 is 12.5. The van der Waals surface area contributed by atoms with E-state index in [1.807, 2.05) is 24.5 Å². The Morgan fingerprint density at radius 2 is 1.82 bits per heavy atom. The zero-order valence-electron chi connectivity index (χ0n) is 16.3. The number of nitrogens with zero attached hydrogens (tertiary/aromatic N) is 2. The molecule has 1 aliphatic heterocycles. The van der Waals surface area contributed by atoms with Crippen LogP contribution in [0.3, 0.4) is 0 Å². The first kappa shape index (κ1) is 20.2. The lowest BCUT2D eigenvalue weighted by atomic mass is 10.0. The Morgan fingerprint density at radius 3 is 2.46 bits per heavy atom. The standard InChI is InChI=1S/C21H20Cl2N2O3/c1-11-8-14(12(2)25(11)18-10-15(22)6-7-17(18)23)9-16-19(21(27)28-5)13(3)24(4)20(16)26/h6-10H,1-5H3/b16-9+. The van der Waals surface area contributed by atoms with E-state index < -0.39 is 5.97 Å². The fourth-order valence-corrected chi connectivity index (χ4v) is 3.78. The molecule has 1 aromatic carbocycles. The molecule has 0 saturated carbocycles. The molecule has 2 heterocycles. The molecule has 1 aliphatic rings. The van der Waals surface area contributed by atoms with E-state index >= 15 is 0 Å². The van der Waals surface area contributed by atoms with Gasteiger partial charge in [-0.25, -0.2) is 4.79 Å². The molecule has 0 fully saturated rings. The number of amides is 1. The summed E-state index contributed by atoms with van der Waals surface area (Å²) in [4.78, 5) is 26.4.